The van der Waals surface area contributed by atoms with E-state index in [0.29, 0.717) is 6.04 Å². The van der Waals surface area contributed by atoms with Gasteiger partial charge in [0, 0.05) is 12.0 Å². The van der Waals surface area contributed by atoms with Crippen molar-refractivity contribution in [2.75, 3.05) is 20.2 Å². The summed E-state index contributed by atoms with van der Waals surface area (Å²) in [6.45, 7) is 6.56. The van der Waals surface area contributed by atoms with Gasteiger partial charge in [0.15, 0.2) is 0 Å². The summed E-state index contributed by atoms with van der Waals surface area (Å²) in [7, 11) is 2.26. The molecular weight excluding hydrogens is 222 g/mol. The normalized spacial score (nSPS) is 26.6. The summed E-state index contributed by atoms with van der Waals surface area (Å²) in [5.74, 6) is 0. The van der Waals surface area contributed by atoms with E-state index in [1.807, 2.05) is 0 Å². The molecule has 98 valence electrons. The van der Waals surface area contributed by atoms with Crippen LogP contribution in [0.15, 0.2) is 35.9 Å². The Bertz CT molecular complexity index is 448. The third-order valence-corrected chi connectivity index (χ3v) is 4.11. The number of hydrogen-bond donors (Lipinski definition) is 1. The van der Waals surface area contributed by atoms with Crippen molar-refractivity contribution in [3.8, 4) is 0 Å². The lowest BCUT2D eigenvalue weighted by Crippen LogP contribution is -2.56. The molecule has 0 radical (unpaired) electrons. The van der Waals surface area contributed by atoms with Crippen LogP contribution in [0.1, 0.15) is 25.0 Å². The Balaban J connectivity index is 2.28. The summed E-state index contributed by atoms with van der Waals surface area (Å²) in [5.41, 5.74) is 4.20. The molecule has 1 aliphatic rings. The van der Waals surface area contributed by atoms with Crippen LogP contribution < -0.4 is 0 Å². The fraction of sp³-hybridized carbons (Fsp3) is 0.500. The zero-order chi connectivity index (χ0) is 13.2. The minimum atomic E-state index is 0.265. The Hall–Kier alpha value is -1.12. The third-order valence-electron chi connectivity index (χ3n) is 4.11. The van der Waals surface area contributed by atoms with Crippen LogP contribution in [-0.4, -0.2) is 35.8 Å². The second kappa shape index (κ2) is 5.25. The van der Waals surface area contributed by atoms with Crippen LogP contribution in [0.25, 0.3) is 0 Å². The highest BCUT2D eigenvalue weighted by Crippen LogP contribution is 2.28. The van der Waals surface area contributed by atoms with Gasteiger partial charge in [-0.05, 0) is 25.5 Å². The number of aliphatic hydroxyl groups excluding tert-OH is 1. The summed E-state index contributed by atoms with van der Waals surface area (Å²) in [5, 5.41) is 9.68. The number of quaternary nitrogens is 1. The summed E-state index contributed by atoms with van der Waals surface area (Å²) in [4.78, 5) is 0. The van der Waals surface area contributed by atoms with E-state index in [9.17, 15) is 5.11 Å². The lowest BCUT2D eigenvalue weighted by molar-refractivity contribution is -0.943. The molecule has 0 amide bonds. The fourth-order valence-corrected chi connectivity index (χ4v) is 2.77. The first-order valence-corrected chi connectivity index (χ1v) is 6.70. The van der Waals surface area contributed by atoms with Crippen molar-refractivity contribution in [3.63, 3.8) is 0 Å². The topological polar surface area (TPSA) is 20.2 Å². The second-order valence-corrected chi connectivity index (χ2v) is 5.91. The van der Waals surface area contributed by atoms with Crippen molar-refractivity contribution in [3.05, 3.63) is 47.0 Å². The number of likely N-dealkylation sites (N-methyl/N-ethyl adjacent to an activating group) is 1. The van der Waals surface area contributed by atoms with Crippen molar-refractivity contribution in [1.29, 1.82) is 0 Å². The summed E-state index contributed by atoms with van der Waals surface area (Å²) < 4.78 is 0.915. The van der Waals surface area contributed by atoms with Crippen LogP contribution in [0, 0.1) is 0 Å². The van der Waals surface area contributed by atoms with Gasteiger partial charge in [-0.3, -0.25) is 0 Å². The molecule has 1 heterocycles. The third kappa shape index (κ3) is 2.65. The number of benzene rings is 1. The molecule has 0 bridgehead atoms. The van der Waals surface area contributed by atoms with Gasteiger partial charge in [-0.1, -0.05) is 29.8 Å². The zero-order valence-corrected chi connectivity index (χ0v) is 11.7. The van der Waals surface area contributed by atoms with Crippen LogP contribution in [0.2, 0.25) is 0 Å². The van der Waals surface area contributed by atoms with E-state index in [1.54, 1.807) is 0 Å². The Morgan fingerprint density at radius 2 is 2.00 bits per heavy atom. The number of hydrogen-bond acceptors (Lipinski definition) is 1. The smallest absolute Gasteiger partial charge is 0.117 e. The SMILES string of the molecule is CC(C)=CC[N@@+]1(C)Cc2ccccc2C[C@H]1CO. The van der Waals surface area contributed by atoms with Crippen molar-refractivity contribution >= 4 is 0 Å². The Morgan fingerprint density at radius 1 is 1.33 bits per heavy atom. The molecule has 0 saturated heterocycles. The number of nitrogens with zero attached hydrogens (tertiary/aromatic N) is 1. The molecule has 18 heavy (non-hydrogen) atoms. The molecule has 0 spiro atoms. The largest absolute Gasteiger partial charge is 0.390 e. The molecule has 1 aliphatic heterocycles. The predicted molar refractivity (Wildman–Crippen MR) is 75.2 cm³/mol. The molecule has 1 N–H and O–H groups in total. The van der Waals surface area contributed by atoms with Gasteiger partial charge in [-0.15, -0.1) is 0 Å². The van der Waals surface area contributed by atoms with E-state index in [1.165, 1.54) is 16.7 Å². The summed E-state index contributed by atoms with van der Waals surface area (Å²) >= 11 is 0. The van der Waals surface area contributed by atoms with Gasteiger partial charge in [-0.25, -0.2) is 0 Å². The van der Waals surface area contributed by atoms with E-state index >= 15 is 0 Å². The maximum Gasteiger partial charge on any atom is 0.117 e. The van der Waals surface area contributed by atoms with E-state index in [-0.39, 0.29) is 6.61 Å². The molecule has 0 aliphatic carbocycles. The molecule has 2 atom stereocenters. The lowest BCUT2D eigenvalue weighted by atomic mass is 9.92. The monoisotopic (exact) mass is 246 g/mol. The van der Waals surface area contributed by atoms with Gasteiger partial charge in [0.05, 0.1) is 20.2 Å². The lowest BCUT2D eigenvalue weighted by Gasteiger charge is -2.44. The maximum absolute atomic E-state index is 9.68. The highest BCUT2D eigenvalue weighted by Gasteiger charge is 2.36. The van der Waals surface area contributed by atoms with Crippen LogP contribution in [0.3, 0.4) is 0 Å². The molecule has 0 unspecified atom stereocenters. The molecule has 2 heteroatoms. The molecule has 1 aromatic carbocycles. The van der Waals surface area contributed by atoms with Crippen LogP contribution in [0.4, 0.5) is 0 Å². The van der Waals surface area contributed by atoms with Gasteiger partial charge in [0.1, 0.15) is 12.6 Å². The van der Waals surface area contributed by atoms with Gasteiger partial charge >= 0.3 is 0 Å². The van der Waals surface area contributed by atoms with Crippen LogP contribution in [0.5, 0.6) is 0 Å². The summed E-state index contributed by atoms with van der Waals surface area (Å²) in [6.07, 6.45) is 3.27. The molecule has 0 fully saturated rings. The average molecular weight is 246 g/mol. The Kier molecular flexibility index (Phi) is 3.88. The van der Waals surface area contributed by atoms with Crippen LogP contribution >= 0.6 is 0 Å². The van der Waals surface area contributed by atoms with Crippen molar-refractivity contribution in [1.82, 2.24) is 0 Å². The zero-order valence-electron chi connectivity index (χ0n) is 11.7. The van der Waals surface area contributed by atoms with E-state index < -0.39 is 0 Å². The second-order valence-electron chi connectivity index (χ2n) is 5.91. The number of aliphatic hydroxyl groups is 1. The quantitative estimate of drug-likeness (QED) is 0.642. The predicted octanol–water partition coefficient (Wildman–Crippen LogP) is 2.52. The molecule has 0 aromatic heterocycles. The van der Waals surface area contributed by atoms with Crippen molar-refractivity contribution in [2.24, 2.45) is 0 Å². The first-order valence-electron chi connectivity index (χ1n) is 6.70. The molecular formula is C16H24NO+. The molecule has 1 aromatic rings. The minimum Gasteiger partial charge on any atom is -0.390 e. The number of fused-ring (bicyclic) bond motifs is 1. The van der Waals surface area contributed by atoms with E-state index in [0.717, 1.165) is 24.0 Å². The van der Waals surface area contributed by atoms with Crippen molar-refractivity contribution < 1.29 is 9.59 Å². The maximum atomic E-state index is 9.68. The first kappa shape index (κ1) is 13.3. The van der Waals surface area contributed by atoms with E-state index in [2.05, 4.69) is 51.2 Å². The van der Waals surface area contributed by atoms with Gasteiger partial charge in [0.2, 0.25) is 0 Å². The van der Waals surface area contributed by atoms with E-state index in [4.69, 9.17) is 0 Å². The first-order chi connectivity index (χ1) is 8.55. The van der Waals surface area contributed by atoms with Crippen molar-refractivity contribution in [2.45, 2.75) is 32.9 Å². The Labute approximate surface area is 110 Å². The van der Waals surface area contributed by atoms with Crippen LogP contribution in [-0.2, 0) is 13.0 Å². The Morgan fingerprint density at radius 3 is 2.61 bits per heavy atom. The number of rotatable bonds is 3. The van der Waals surface area contributed by atoms with Gasteiger partial charge in [-0.2, -0.15) is 0 Å². The van der Waals surface area contributed by atoms with Gasteiger partial charge < -0.3 is 9.59 Å². The fourth-order valence-electron chi connectivity index (χ4n) is 2.77. The highest BCUT2D eigenvalue weighted by molar-refractivity contribution is 5.28. The average Bonchev–Trinajstić information content (AvgIpc) is 2.35. The highest BCUT2D eigenvalue weighted by atomic mass is 16.3. The summed E-state index contributed by atoms with van der Waals surface area (Å²) in [6, 6.07) is 8.95. The molecule has 0 saturated carbocycles. The standard InChI is InChI=1S/C16H24NO/c1-13(2)8-9-17(3)11-15-7-5-4-6-14(15)10-16(17)12-18/h4-8,16,18H,9-12H2,1-3H3/q+1/t16-,17-/m0/s1. The minimum absolute atomic E-state index is 0.265. The molecule has 2 nitrogen and oxygen atoms in total. The molecule has 2 rings (SSSR count). The number of allylic oxidation sites excluding steroid dienone is 1. The van der Waals surface area contributed by atoms with Gasteiger partial charge in [0.25, 0.3) is 0 Å².